The topological polar surface area (TPSA) is 34.5 Å². The van der Waals surface area contributed by atoms with Crippen LogP contribution in [0.2, 0.25) is 0 Å². The van der Waals surface area contributed by atoms with E-state index < -0.39 is 0 Å². The summed E-state index contributed by atoms with van der Waals surface area (Å²) in [6, 6.07) is 12.7. The van der Waals surface area contributed by atoms with E-state index in [4.69, 9.17) is 4.74 Å². The number of benzene rings is 1. The van der Waals surface area contributed by atoms with E-state index in [2.05, 4.69) is 48.7 Å². The molecule has 2 atom stereocenters. The first-order valence-corrected chi connectivity index (χ1v) is 8.80. The van der Waals surface area contributed by atoms with Crippen molar-refractivity contribution in [3.8, 4) is 0 Å². The lowest BCUT2D eigenvalue weighted by atomic mass is 9.95. The zero-order chi connectivity index (χ0) is 16.7. The van der Waals surface area contributed by atoms with Gasteiger partial charge in [0.15, 0.2) is 0 Å². The van der Waals surface area contributed by atoms with Gasteiger partial charge in [-0.15, -0.1) is 0 Å². The molecule has 0 aliphatic carbocycles. The highest BCUT2D eigenvalue weighted by molar-refractivity contribution is 5.77. The van der Waals surface area contributed by atoms with Gasteiger partial charge in [0.05, 0.1) is 25.2 Å². The lowest BCUT2D eigenvalue weighted by Gasteiger charge is -2.37. The van der Waals surface area contributed by atoms with Crippen molar-refractivity contribution in [2.24, 2.45) is 0 Å². The van der Waals surface area contributed by atoms with Crippen molar-refractivity contribution < 1.29 is 9.53 Å². The normalized spacial score (nSPS) is 22.8. The molecule has 0 bridgehead atoms. The molecular formula is C20H24N2O2. The van der Waals surface area contributed by atoms with Crippen molar-refractivity contribution in [1.82, 2.24) is 9.47 Å². The summed E-state index contributed by atoms with van der Waals surface area (Å²) in [5.41, 5.74) is 5.00. The quantitative estimate of drug-likeness (QED) is 0.848. The predicted molar refractivity (Wildman–Crippen MR) is 92.8 cm³/mol. The van der Waals surface area contributed by atoms with E-state index in [9.17, 15) is 4.79 Å². The molecule has 0 radical (unpaired) electrons. The Morgan fingerprint density at radius 2 is 2.04 bits per heavy atom. The maximum Gasteiger partial charge on any atom is 0.226 e. The molecule has 0 N–H and O–H groups in total. The Bertz CT molecular complexity index is 765. The highest BCUT2D eigenvalue weighted by atomic mass is 16.5. The molecule has 3 heterocycles. The number of rotatable bonds is 2. The zero-order valence-electron chi connectivity index (χ0n) is 14.4. The number of carbonyl (C=O) groups excluding carboxylic acids is 1. The van der Waals surface area contributed by atoms with Crippen LogP contribution in [0.3, 0.4) is 0 Å². The van der Waals surface area contributed by atoms with Gasteiger partial charge in [-0.3, -0.25) is 4.79 Å². The van der Waals surface area contributed by atoms with E-state index in [0.29, 0.717) is 13.0 Å². The minimum absolute atomic E-state index is 0.106. The van der Waals surface area contributed by atoms with Crippen molar-refractivity contribution in [1.29, 1.82) is 0 Å². The lowest BCUT2D eigenvalue weighted by Crippen LogP contribution is -2.41. The number of aryl methyl sites for hydroxylation is 1. The van der Waals surface area contributed by atoms with Crippen LogP contribution in [0.4, 0.5) is 0 Å². The van der Waals surface area contributed by atoms with E-state index >= 15 is 0 Å². The van der Waals surface area contributed by atoms with Crippen molar-refractivity contribution >= 4 is 5.91 Å². The van der Waals surface area contributed by atoms with Gasteiger partial charge in [-0.1, -0.05) is 24.3 Å². The van der Waals surface area contributed by atoms with Crippen molar-refractivity contribution in [2.75, 3.05) is 13.2 Å². The second kappa shape index (κ2) is 6.10. The third-order valence-electron chi connectivity index (χ3n) is 5.47. The number of fused-ring (bicyclic) bond motifs is 2. The summed E-state index contributed by atoms with van der Waals surface area (Å²) in [7, 11) is 0. The number of amides is 1. The molecule has 0 saturated carbocycles. The maximum atomic E-state index is 12.9. The summed E-state index contributed by atoms with van der Waals surface area (Å²) in [4.78, 5) is 14.9. The van der Waals surface area contributed by atoms with Gasteiger partial charge < -0.3 is 14.2 Å². The van der Waals surface area contributed by atoms with Gasteiger partial charge in [-0.05, 0) is 43.5 Å². The molecule has 24 heavy (non-hydrogen) atoms. The summed E-state index contributed by atoms with van der Waals surface area (Å²) in [5, 5.41) is 0. The summed E-state index contributed by atoms with van der Waals surface area (Å²) >= 11 is 0. The summed E-state index contributed by atoms with van der Waals surface area (Å²) < 4.78 is 8.24. The molecule has 1 aromatic heterocycles. The van der Waals surface area contributed by atoms with Crippen LogP contribution in [0.5, 0.6) is 0 Å². The maximum absolute atomic E-state index is 12.9. The molecule has 0 unspecified atom stereocenters. The van der Waals surface area contributed by atoms with Crippen molar-refractivity contribution in [2.45, 2.75) is 45.4 Å². The molecule has 2 aromatic rings. The van der Waals surface area contributed by atoms with Gasteiger partial charge >= 0.3 is 0 Å². The van der Waals surface area contributed by atoms with Crippen LogP contribution in [0.1, 0.15) is 48.0 Å². The van der Waals surface area contributed by atoms with Gasteiger partial charge in [0.2, 0.25) is 5.91 Å². The second-order valence-electron chi connectivity index (χ2n) is 6.83. The highest BCUT2D eigenvalue weighted by Gasteiger charge is 2.31. The standard InChI is InChI=1S/C20H24N2O2/c1-14-7-8-18-15(2)22(11-10-21(14)18)20(23)13-19-17-6-4-3-5-16(17)9-12-24-19/h3-8,15,19H,9-13H2,1-2H3/t15-,19-/m0/s1. The van der Waals surface area contributed by atoms with E-state index in [1.165, 1.54) is 22.5 Å². The average Bonchev–Trinajstić information content (AvgIpc) is 2.97. The predicted octanol–water partition coefficient (Wildman–Crippen LogP) is 3.40. The first-order chi connectivity index (χ1) is 11.6. The van der Waals surface area contributed by atoms with Crippen LogP contribution in [0.15, 0.2) is 36.4 Å². The largest absolute Gasteiger partial charge is 0.373 e. The summed E-state index contributed by atoms with van der Waals surface area (Å²) in [6.45, 7) is 6.61. The number of aromatic nitrogens is 1. The van der Waals surface area contributed by atoms with E-state index in [-0.39, 0.29) is 18.1 Å². The monoisotopic (exact) mass is 324 g/mol. The molecule has 126 valence electrons. The molecule has 0 spiro atoms. The molecule has 1 aromatic carbocycles. The molecule has 0 fully saturated rings. The first-order valence-electron chi connectivity index (χ1n) is 8.80. The molecule has 1 amide bonds. The Kier molecular flexibility index (Phi) is 3.93. The molecule has 2 aliphatic heterocycles. The zero-order valence-corrected chi connectivity index (χ0v) is 14.4. The van der Waals surface area contributed by atoms with Gasteiger partial charge in [-0.2, -0.15) is 0 Å². The fraction of sp³-hybridized carbons (Fsp3) is 0.450. The smallest absolute Gasteiger partial charge is 0.226 e. The fourth-order valence-corrected chi connectivity index (χ4v) is 4.08. The molecule has 2 aliphatic rings. The minimum Gasteiger partial charge on any atom is -0.373 e. The number of nitrogens with zero attached hydrogens (tertiary/aromatic N) is 2. The number of carbonyl (C=O) groups is 1. The number of ether oxygens (including phenoxy) is 1. The minimum atomic E-state index is -0.106. The molecule has 4 nitrogen and oxygen atoms in total. The van der Waals surface area contributed by atoms with Crippen LogP contribution in [-0.4, -0.2) is 28.5 Å². The molecule has 0 saturated heterocycles. The van der Waals surface area contributed by atoms with E-state index in [1.54, 1.807) is 0 Å². The highest BCUT2D eigenvalue weighted by Crippen LogP contribution is 2.33. The molecule has 4 heteroatoms. The van der Waals surface area contributed by atoms with Gasteiger partial charge in [0.25, 0.3) is 0 Å². The molecular weight excluding hydrogens is 300 g/mol. The Morgan fingerprint density at radius 3 is 2.92 bits per heavy atom. The third-order valence-corrected chi connectivity index (χ3v) is 5.47. The summed E-state index contributed by atoms with van der Waals surface area (Å²) in [5.74, 6) is 0.189. The van der Waals surface area contributed by atoms with Crippen LogP contribution in [0, 0.1) is 6.92 Å². The van der Waals surface area contributed by atoms with Crippen LogP contribution < -0.4 is 0 Å². The van der Waals surface area contributed by atoms with Crippen molar-refractivity contribution in [3.05, 3.63) is 58.9 Å². The van der Waals surface area contributed by atoms with Crippen LogP contribution in [-0.2, 0) is 22.5 Å². The van der Waals surface area contributed by atoms with Gasteiger partial charge in [-0.25, -0.2) is 0 Å². The Hall–Kier alpha value is -2.07. The summed E-state index contributed by atoms with van der Waals surface area (Å²) in [6.07, 6.45) is 1.26. The average molecular weight is 324 g/mol. The third kappa shape index (κ3) is 2.55. The van der Waals surface area contributed by atoms with Crippen LogP contribution >= 0.6 is 0 Å². The fourth-order valence-electron chi connectivity index (χ4n) is 4.08. The number of hydrogen-bond donors (Lipinski definition) is 0. The Labute approximate surface area is 143 Å². The second-order valence-corrected chi connectivity index (χ2v) is 6.83. The Morgan fingerprint density at radius 1 is 1.21 bits per heavy atom. The number of hydrogen-bond acceptors (Lipinski definition) is 2. The van der Waals surface area contributed by atoms with E-state index in [0.717, 1.165) is 19.5 Å². The SMILES string of the molecule is Cc1ccc2n1CCN(C(=O)C[C@@H]1OCCc3ccccc31)[C@H]2C. The lowest BCUT2D eigenvalue weighted by molar-refractivity contribution is -0.138. The molecule has 4 rings (SSSR count). The van der Waals surface area contributed by atoms with E-state index in [1.807, 2.05) is 11.0 Å². The van der Waals surface area contributed by atoms with Crippen LogP contribution in [0.25, 0.3) is 0 Å². The Balaban J connectivity index is 1.52. The van der Waals surface area contributed by atoms with Gasteiger partial charge in [0, 0.05) is 24.5 Å². The first kappa shape index (κ1) is 15.5. The van der Waals surface area contributed by atoms with Crippen molar-refractivity contribution in [3.63, 3.8) is 0 Å². The van der Waals surface area contributed by atoms with Gasteiger partial charge in [0.1, 0.15) is 0 Å².